The lowest BCUT2D eigenvalue weighted by atomic mass is 10.1. The highest BCUT2D eigenvalue weighted by Crippen LogP contribution is 2.22. The first-order valence-corrected chi connectivity index (χ1v) is 7.21. The number of methoxy groups -OCH3 is 1. The molecule has 0 fully saturated rings. The van der Waals surface area contributed by atoms with E-state index in [9.17, 15) is 9.59 Å². The number of rotatable bonds is 9. The number of carboxylic acid groups (broad SMARTS) is 1. The molecule has 0 spiro atoms. The lowest BCUT2D eigenvalue weighted by molar-refractivity contribution is -0.137. The molecule has 0 aromatic heterocycles. The van der Waals surface area contributed by atoms with Crippen molar-refractivity contribution in [3.05, 3.63) is 28.8 Å². The van der Waals surface area contributed by atoms with E-state index in [0.29, 0.717) is 23.7 Å². The fourth-order valence-electron chi connectivity index (χ4n) is 1.93. The maximum Gasteiger partial charge on any atom is 0.303 e. The predicted octanol–water partition coefficient (Wildman–Crippen LogP) is 2.65. The van der Waals surface area contributed by atoms with Crippen molar-refractivity contribution in [3.63, 3.8) is 0 Å². The third-order valence-corrected chi connectivity index (χ3v) is 3.22. The number of benzene rings is 1. The number of hydrogen-bond acceptors (Lipinski definition) is 3. The molecule has 1 rings (SSSR count). The van der Waals surface area contributed by atoms with Crippen molar-refractivity contribution < 1.29 is 19.4 Å². The minimum Gasteiger partial charge on any atom is -0.496 e. The van der Waals surface area contributed by atoms with E-state index in [0.717, 1.165) is 18.4 Å². The number of unbranched alkanes of at least 4 members (excludes halogenated alkanes) is 2. The Kier molecular flexibility index (Phi) is 7.61. The highest BCUT2D eigenvalue weighted by atomic mass is 35.5. The van der Waals surface area contributed by atoms with E-state index < -0.39 is 5.97 Å². The molecule has 0 aliphatic rings. The van der Waals surface area contributed by atoms with Gasteiger partial charge in [0.1, 0.15) is 5.75 Å². The zero-order valence-electron chi connectivity index (χ0n) is 12.0. The average Bonchev–Trinajstić information content (AvgIpc) is 2.42. The number of carbonyl (C=O) groups is 2. The predicted molar refractivity (Wildman–Crippen MR) is 80.8 cm³/mol. The van der Waals surface area contributed by atoms with E-state index in [-0.39, 0.29) is 18.7 Å². The van der Waals surface area contributed by atoms with Crippen LogP contribution in [-0.4, -0.2) is 30.6 Å². The average molecular weight is 314 g/mol. The standard InChI is InChI=1S/C15H20ClNO4/c1-21-13-7-6-12(16)9-11(13)10-14(18)17-8-4-2-3-5-15(19)20/h6-7,9H,2-5,8,10H2,1H3,(H,17,18)(H,19,20). The van der Waals surface area contributed by atoms with E-state index in [4.69, 9.17) is 21.4 Å². The molecule has 0 aliphatic heterocycles. The Morgan fingerprint density at radius 1 is 1.29 bits per heavy atom. The molecule has 5 nitrogen and oxygen atoms in total. The van der Waals surface area contributed by atoms with Gasteiger partial charge in [-0.1, -0.05) is 18.0 Å². The molecular formula is C15H20ClNO4. The number of carbonyl (C=O) groups excluding carboxylic acids is 1. The summed E-state index contributed by atoms with van der Waals surface area (Å²) in [5.41, 5.74) is 0.744. The molecule has 1 aromatic rings. The summed E-state index contributed by atoms with van der Waals surface area (Å²) >= 11 is 5.91. The normalized spacial score (nSPS) is 10.2. The molecular weight excluding hydrogens is 294 g/mol. The Morgan fingerprint density at radius 3 is 2.71 bits per heavy atom. The minimum absolute atomic E-state index is 0.103. The maximum absolute atomic E-state index is 11.8. The largest absolute Gasteiger partial charge is 0.496 e. The molecule has 0 saturated carbocycles. The Labute approximate surface area is 129 Å². The van der Waals surface area contributed by atoms with Crippen LogP contribution in [0.3, 0.4) is 0 Å². The number of amides is 1. The van der Waals surface area contributed by atoms with Crippen LogP contribution in [-0.2, 0) is 16.0 Å². The van der Waals surface area contributed by atoms with Gasteiger partial charge in [0.05, 0.1) is 13.5 Å². The first kappa shape index (κ1) is 17.3. The van der Waals surface area contributed by atoms with Gasteiger partial charge < -0.3 is 15.2 Å². The molecule has 1 aromatic carbocycles. The number of nitrogens with one attached hydrogen (secondary N) is 1. The maximum atomic E-state index is 11.8. The highest BCUT2D eigenvalue weighted by molar-refractivity contribution is 6.30. The van der Waals surface area contributed by atoms with Crippen LogP contribution < -0.4 is 10.1 Å². The van der Waals surface area contributed by atoms with E-state index in [1.165, 1.54) is 0 Å². The van der Waals surface area contributed by atoms with Crippen LogP contribution in [0.25, 0.3) is 0 Å². The molecule has 0 aliphatic carbocycles. The topological polar surface area (TPSA) is 75.6 Å². The molecule has 0 radical (unpaired) electrons. The fraction of sp³-hybridized carbons (Fsp3) is 0.467. The van der Waals surface area contributed by atoms with Gasteiger partial charge in [-0.15, -0.1) is 0 Å². The highest BCUT2D eigenvalue weighted by Gasteiger charge is 2.09. The first-order valence-electron chi connectivity index (χ1n) is 6.84. The molecule has 0 atom stereocenters. The minimum atomic E-state index is -0.785. The Balaban J connectivity index is 2.31. The van der Waals surface area contributed by atoms with Crippen LogP contribution in [0.5, 0.6) is 5.75 Å². The van der Waals surface area contributed by atoms with Crippen molar-refractivity contribution in [1.82, 2.24) is 5.32 Å². The quantitative estimate of drug-likeness (QED) is 0.687. The fourth-order valence-corrected chi connectivity index (χ4v) is 2.12. The molecule has 0 saturated heterocycles. The third kappa shape index (κ3) is 6.99. The summed E-state index contributed by atoms with van der Waals surface area (Å²) in [7, 11) is 1.55. The molecule has 0 unspecified atom stereocenters. The van der Waals surface area contributed by atoms with Crippen molar-refractivity contribution in [3.8, 4) is 5.75 Å². The second-order valence-electron chi connectivity index (χ2n) is 4.69. The van der Waals surface area contributed by atoms with Gasteiger partial charge in [0, 0.05) is 23.6 Å². The third-order valence-electron chi connectivity index (χ3n) is 2.98. The summed E-state index contributed by atoms with van der Waals surface area (Å²) in [6, 6.07) is 5.16. The van der Waals surface area contributed by atoms with Gasteiger partial charge in [-0.2, -0.15) is 0 Å². The summed E-state index contributed by atoms with van der Waals surface area (Å²) in [4.78, 5) is 22.2. The van der Waals surface area contributed by atoms with Crippen molar-refractivity contribution in [2.75, 3.05) is 13.7 Å². The second kappa shape index (κ2) is 9.23. The number of hydrogen-bond donors (Lipinski definition) is 2. The summed E-state index contributed by atoms with van der Waals surface area (Å²) < 4.78 is 5.19. The number of carboxylic acids is 1. The zero-order chi connectivity index (χ0) is 15.7. The van der Waals surface area contributed by atoms with Gasteiger partial charge in [0.25, 0.3) is 0 Å². The van der Waals surface area contributed by atoms with Gasteiger partial charge >= 0.3 is 5.97 Å². The van der Waals surface area contributed by atoms with Gasteiger partial charge in [0.2, 0.25) is 5.91 Å². The molecule has 116 valence electrons. The summed E-state index contributed by atoms with van der Waals surface area (Å²) in [6.45, 7) is 0.543. The van der Waals surface area contributed by atoms with Crippen molar-refractivity contribution in [1.29, 1.82) is 0 Å². The van der Waals surface area contributed by atoms with Gasteiger partial charge in [-0.3, -0.25) is 9.59 Å². The van der Waals surface area contributed by atoms with Gasteiger partial charge in [-0.25, -0.2) is 0 Å². The van der Waals surface area contributed by atoms with Crippen molar-refractivity contribution in [2.45, 2.75) is 32.1 Å². The van der Waals surface area contributed by atoms with Crippen LogP contribution in [0, 0.1) is 0 Å². The lowest BCUT2D eigenvalue weighted by Gasteiger charge is -2.09. The molecule has 0 bridgehead atoms. The number of ether oxygens (including phenoxy) is 1. The van der Waals surface area contributed by atoms with E-state index >= 15 is 0 Å². The molecule has 21 heavy (non-hydrogen) atoms. The van der Waals surface area contributed by atoms with Crippen LogP contribution in [0.1, 0.15) is 31.2 Å². The molecule has 0 heterocycles. The van der Waals surface area contributed by atoms with E-state index in [1.54, 1.807) is 25.3 Å². The smallest absolute Gasteiger partial charge is 0.303 e. The Bertz CT molecular complexity index is 491. The Hall–Kier alpha value is -1.75. The lowest BCUT2D eigenvalue weighted by Crippen LogP contribution is -2.26. The van der Waals surface area contributed by atoms with Crippen LogP contribution in [0.2, 0.25) is 5.02 Å². The molecule has 6 heteroatoms. The van der Waals surface area contributed by atoms with Gasteiger partial charge in [0.15, 0.2) is 0 Å². The van der Waals surface area contributed by atoms with Crippen LogP contribution in [0.15, 0.2) is 18.2 Å². The number of halogens is 1. The second-order valence-corrected chi connectivity index (χ2v) is 5.12. The van der Waals surface area contributed by atoms with E-state index in [2.05, 4.69) is 5.32 Å². The monoisotopic (exact) mass is 313 g/mol. The summed E-state index contributed by atoms with van der Waals surface area (Å²) in [6.07, 6.45) is 2.57. The summed E-state index contributed by atoms with van der Waals surface area (Å²) in [5, 5.41) is 11.9. The Morgan fingerprint density at radius 2 is 2.05 bits per heavy atom. The van der Waals surface area contributed by atoms with Crippen molar-refractivity contribution in [2.24, 2.45) is 0 Å². The number of aliphatic carboxylic acids is 1. The van der Waals surface area contributed by atoms with E-state index in [1.807, 2.05) is 0 Å². The first-order chi connectivity index (χ1) is 10.0. The zero-order valence-corrected chi connectivity index (χ0v) is 12.8. The molecule has 1 amide bonds. The van der Waals surface area contributed by atoms with Gasteiger partial charge in [-0.05, 0) is 31.0 Å². The molecule has 2 N–H and O–H groups in total. The summed E-state index contributed by atoms with van der Waals surface area (Å²) in [5.74, 6) is -0.253. The van der Waals surface area contributed by atoms with Crippen molar-refractivity contribution >= 4 is 23.5 Å². The SMILES string of the molecule is COc1ccc(Cl)cc1CC(=O)NCCCCCC(=O)O. The van der Waals surface area contributed by atoms with Crippen LogP contribution >= 0.6 is 11.6 Å². The van der Waals surface area contributed by atoms with Crippen LogP contribution in [0.4, 0.5) is 0 Å².